The normalized spacial score (nSPS) is 24.3. The third-order valence-electron chi connectivity index (χ3n) is 5.06. The summed E-state index contributed by atoms with van der Waals surface area (Å²) in [6, 6.07) is 3.75. The highest BCUT2D eigenvalue weighted by Crippen LogP contribution is 2.35. The summed E-state index contributed by atoms with van der Waals surface area (Å²) in [6.07, 6.45) is 6.57. The molecule has 2 aromatic heterocycles. The van der Waals surface area contributed by atoms with Gasteiger partial charge >= 0.3 is 0 Å². The van der Waals surface area contributed by atoms with E-state index in [4.69, 9.17) is 9.15 Å². The molecule has 0 radical (unpaired) electrons. The number of aromatic nitrogens is 3. The molecule has 7 nitrogen and oxygen atoms in total. The van der Waals surface area contributed by atoms with Crippen LogP contribution in [0.4, 0.5) is 0 Å². The molecule has 1 spiro atoms. The van der Waals surface area contributed by atoms with Crippen LogP contribution in [0, 0.1) is 0 Å². The maximum Gasteiger partial charge on any atom is 0.249 e. The number of pyridine rings is 1. The van der Waals surface area contributed by atoms with Gasteiger partial charge in [-0.05, 0) is 37.8 Å². The molecule has 24 heavy (non-hydrogen) atoms. The molecule has 0 bridgehead atoms. The fourth-order valence-corrected chi connectivity index (χ4v) is 3.59. The lowest BCUT2D eigenvalue weighted by atomic mass is 9.82. The molecule has 2 aromatic rings. The minimum Gasteiger partial charge on any atom is -0.419 e. The van der Waals surface area contributed by atoms with Crippen LogP contribution in [0.5, 0.6) is 0 Å². The summed E-state index contributed by atoms with van der Waals surface area (Å²) in [5.41, 5.74) is 0.484. The Balaban J connectivity index is 1.37. The molecule has 2 saturated heterocycles. The molecule has 2 fully saturated rings. The van der Waals surface area contributed by atoms with Gasteiger partial charge in [0.2, 0.25) is 11.8 Å². The summed E-state index contributed by atoms with van der Waals surface area (Å²) in [4.78, 5) is 6.34. The fraction of sp³-hybridized carbons (Fsp3) is 0.588. The van der Waals surface area contributed by atoms with Crippen LogP contribution in [-0.2, 0) is 11.3 Å². The van der Waals surface area contributed by atoms with Gasteiger partial charge in [-0.2, -0.15) is 0 Å². The molecule has 2 aliphatic heterocycles. The summed E-state index contributed by atoms with van der Waals surface area (Å²) in [7, 11) is 0. The van der Waals surface area contributed by atoms with Crippen molar-refractivity contribution in [2.75, 3.05) is 19.7 Å². The van der Waals surface area contributed by atoms with Gasteiger partial charge in [-0.25, -0.2) is 0 Å². The van der Waals surface area contributed by atoms with Gasteiger partial charge in [0.25, 0.3) is 0 Å². The maximum absolute atomic E-state index is 10.3. The van der Waals surface area contributed by atoms with Crippen molar-refractivity contribution in [3.05, 3.63) is 30.4 Å². The maximum atomic E-state index is 10.3. The van der Waals surface area contributed by atoms with Gasteiger partial charge in [0.15, 0.2) is 0 Å². The molecule has 1 atom stereocenters. The number of piperidine rings is 1. The first-order valence-electron chi connectivity index (χ1n) is 8.52. The molecule has 128 valence electrons. The van der Waals surface area contributed by atoms with E-state index in [1.807, 2.05) is 12.1 Å². The Morgan fingerprint density at radius 2 is 2.17 bits per heavy atom. The summed E-state index contributed by atoms with van der Waals surface area (Å²) < 4.78 is 11.7. The summed E-state index contributed by atoms with van der Waals surface area (Å²) >= 11 is 0. The summed E-state index contributed by atoms with van der Waals surface area (Å²) in [5.74, 6) is 1.10. The topological polar surface area (TPSA) is 84.5 Å². The number of aliphatic hydroxyl groups excluding tert-OH is 1. The quantitative estimate of drug-likeness (QED) is 0.915. The van der Waals surface area contributed by atoms with Gasteiger partial charge in [-0.15, -0.1) is 10.2 Å². The number of rotatable bonds is 3. The van der Waals surface area contributed by atoms with Crippen LogP contribution in [0.25, 0.3) is 11.5 Å². The highest BCUT2D eigenvalue weighted by Gasteiger charge is 2.43. The van der Waals surface area contributed by atoms with Crippen LogP contribution in [0.15, 0.2) is 28.9 Å². The third-order valence-corrected chi connectivity index (χ3v) is 5.06. The van der Waals surface area contributed by atoms with E-state index < -0.39 is 0 Å². The Kier molecular flexibility index (Phi) is 4.30. The van der Waals surface area contributed by atoms with E-state index in [2.05, 4.69) is 20.1 Å². The van der Waals surface area contributed by atoms with E-state index in [1.165, 1.54) is 0 Å². The molecule has 0 amide bonds. The second kappa shape index (κ2) is 6.58. The van der Waals surface area contributed by atoms with Gasteiger partial charge < -0.3 is 14.3 Å². The highest BCUT2D eigenvalue weighted by atomic mass is 16.5. The predicted octanol–water partition coefficient (Wildman–Crippen LogP) is 1.64. The number of nitrogens with zero attached hydrogens (tertiary/aromatic N) is 4. The van der Waals surface area contributed by atoms with Crippen LogP contribution in [-0.4, -0.2) is 56.6 Å². The predicted molar refractivity (Wildman–Crippen MR) is 86.0 cm³/mol. The van der Waals surface area contributed by atoms with Gasteiger partial charge in [-0.1, -0.05) is 0 Å². The molecule has 2 aliphatic rings. The van der Waals surface area contributed by atoms with E-state index in [1.54, 1.807) is 12.4 Å². The third kappa shape index (κ3) is 3.07. The Morgan fingerprint density at radius 3 is 2.92 bits per heavy atom. The zero-order valence-corrected chi connectivity index (χ0v) is 13.6. The van der Waals surface area contributed by atoms with Crippen LogP contribution < -0.4 is 0 Å². The van der Waals surface area contributed by atoms with E-state index in [0.717, 1.165) is 50.9 Å². The molecule has 4 heterocycles. The van der Waals surface area contributed by atoms with E-state index >= 15 is 0 Å². The lowest BCUT2D eigenvalue weighted by Gasteiger charge is -2.46. The van der Waals surface area contributed by atoms with Gasteiger partial charge in [0.1, 0.15) is 0 Å². The van der Waals surface area contributed by atoms with Crippen molar-refractivity contribution in [3.63, 3.8) is 0 Å². The minimum absolute atomic E-state index is 0.339. The number of hydrogen-bond acceptors (Lipinski definition) is 7. The highest BCUT2D eigenvalue weighted by molar-refractivity contribution is 5.49. The minimum atomic E-state index is -0.343. The zero-order valence-electron chi connectivity index (χ0n) is 13.6. The summed E-state index contributed by atoms with van der Waals surface area (Å²) in [5, 5.41) is 18.5. The molecule has 0 aliphatic carbocycles. The fourth-order valence-electron chi connectivity index (χ4n) is 3.59. The van der Waals surface area contributed by atoms with Crippen LogP contribution in [0.1, 0.15) is 31.6 Å². The average molecular weight is 330 g/mol. The lowest BCUT2D eigenvalue weighted by Crippen LogP contribution is -2.55. The van der Waals surface area contributed by atoms with Gasteiger partial charge in [-0.3, -0.25) is 9.88 Å². The van der Waals surface area contributed by atoms with Gasteiger partial charge in [0.05, 0.1) is 23.8 Å². The standard InChI is InChI=1S/C17H22N4O3/c22-14-4-2-10-23-17(14)5-8-21(9-6-17)12-15-19-20-16(24-15)13-3-1-7-18-11-13/h1,3,7,11,14,22H,2,4-6,8-10,12H2/t14-/m1/s1. The molecule has 0 aromatic carbocycles. The van der Waals surface area contributed by atoms with Crippen molar-refractivity contribution >= 4 is 0 Å². The molecule has 4 rings (SSSR count). The number of ether oxygens (including phenoxy) is 1. The smallest absolute Gasteiger partial charge is 0.249 e. The number of hydrogen-bond donors (Lipinski definition) is 1. The number of aliphatic hydroxyl groups is 1. The Labute approximate surface area is 140 Å². The summed E-state index contributed by atoms with van der Waals surface area (Å²) in [6.45, 7) is 3.11. The Morgan fingerprint density at radius 1 is 1.29 bits per heavy atom. The first-order valence-corrected chi connectivity index (χ1v) is 8.52. The van der Waals surface area contributed by atoms with Crippen LogP contribution in [0.3, 0.4) is 0 Å². The van der Waals surface area contributed by atoms with Gasteiger partial charge in [0, 0.05) is 32.1 Å². The molecular weight excluding hydrogens is 308 g/mol. The average Bonchev–Trinajstić information content (AvgIpc) is 3.09. The largest absolute Gasteiger partial charge is 0.419 e. The monoisotopic (exact) mass is 330 g/mol. The first-order chi connectivity index (χ1) is 11.8. The van der Waals surface area contributed by atoms with Crippen LogP contribution >= 0.6 is 0 Å². The molecule has 0 unspecified atom stereocenters. The Hall–Kier alpha value is -1.83. The SMILES string of the molecule is O[C@@H]1CCCOC12CCN(Cc1nnc(-c3cccnc3)o1)CC2. The number of likely N-dealkylation sites (tertiary alicyclic amines) is 1. The van der Waals surface area contributed by atoms with Crippen molar-refractivity contribution in [2.24, 2.45) is 0 Å². The van der Waals surface area contributed by atoms with Crippen molar-refractivity contribution in [1.82, 2.24) is 20.1 Å². The first kappa shape index (κ1) is 15.7. The van der Waals surface area contributed by atoms with Crippen molar-refractivity contribution in [1.29, 1.82) is 0 Å². The van der Waals surface area contributed by atoms with E-state index in [-0.39, 0.29) is 11.7 Å². The zero-order chi connectivity index (χ0) is 16.4. The van der Waals surface area contributed by atoms with E-state index in [9.17, 15) is 5.11 Å². The lowest BCUT2D eigenvalue weighted by molar-refractivity contribution is -0.177. The second-order valence-corrected chi connectivity index (χ2v) is 6.59. The molecular formula is C17H22N4O3. The van der Waals surface area contributed by atoms with E-state index in [0.29, 0.717) is 18.3 Å². The molecule has 0 saturated carbocycles. The van der Waals surface area contributed by atoms with Crippen molar-refractivity contribution in [3.8, 4) is 11.5 Å². The second-order valence-electron chi connectivity index (χ2n) is 6.59. The van der Waals surface area contributed by atoms with Crippen molar-refractivity contribution in [2.45, 2.75) is 43.9 Å². The molecule has 7 heteroatoms. The van der Waals surface area contributed by atoms with Crippen molar-refractivity contribution < 1.29 is 14.3 Å². The Bertz CT molecular complexity index is 667. The van der Waals surface area contributed by atoms with Crippen LogP contribution in [0.2, 0.25) is 0 Å². The molecule has 1 N–H and O–H groups in total.